The topological polar surface area (TPSA) is 17.1 Å². The molecule has 0 aliphatic heterocycles. The van der Waals surface area contributed by atoms with E-state index in [4.69, 9.17) is 11.6 Å². The Hall–Kier alpha value is -1.12. The highest BCUT2D eigenvalue weighted by molar-refractivity contribution is 9.09. The lowest BCUT2D eigenvalue weighted by Crippen LogP contribution is -2.34. The Morgan fingerprint density at radius 1 is 0.947 bits per heavy atom. The Bertz CT molecular complexity index is 500. The molecule has 0 spiro atoms. The van der Waals surface area contributed by atoms with Crippen LogP contribution >= 0.6 is 27.5 Å². The van der Waals surface area contributed by atoms with E-state index >= 15 is 0 Å². The highest BCUT2D eigenvalue weighted by Crippen LogP contribution is 2.38. The zero-order valence-electron chi connectivity index (χ0n) is 10.4. The van der Waals surface area contributed by atoms with Gasteiger partial charge in [0.1, 0.15) is 0 Å². The molecule has 0 aliphatic carbocycles. The van der Waals surface area contributed by atoms with Gasteiger partial charge in [0.05, 0.1) is 5.41 Å². The van der Waals surface area contributed by atoms with Gasteiger partial charge < -0.3 is 0 Å². The number of benzene rings is 2. The van der Waals surface area contributed by atoms with Crippen molar-refractivity contribution in [2.75, 3.05) is 5.33 Å². The van der Waals surface area contributed by atoms with Gasteiger partial charge in [-0.25, -0.2) is 0 Å². The molecule has 98 valence electrons. The van der Waals surface area contributed by atoms with Crippen molar-refractivity contribution < 1.29 is 4.79 Å². The monoisotopic (exact) mass is 336 g/mol. The summed E-state index contributed by atoms with van der Waals surface area (Å²) >= 11 is 9.43. The Morgan fingerprint density at radius 2 is 1.37 bits per heavy atom. The van der Waals surface area contributed by atoms with Gasteiger partial charge in [-0.2, -0.15) is 0 Å². The molecule has 2 aromatic rings. The summed E-state index contributed by atoms with van der Waals surface area (Å²) in [6, 6.07) is 19.4. The van der Waals surface area contributed by atoms with Crippen LogP contribution < -0.4 is 0 Å². The first-order valence-electron chi connectivity index (χ1n) is 6.09. The Kier molecular flexibility index (Phi) is 4.78. The van der Waals surface area contributed by atoms with E-state index in [2.05, 4.69) is 15.9 Å². The van der Waals surface area contributed by atoms with Gasteiger partial charge in [0, 0.05) is 5.33 Å². The summed E-state index contributed by atoms with van der Waals surface area (Å²) in [6.07, 6.45) is 0.628. The molecule has 19 heavy (non-hydrogen) atoms. The number of hydrogen-bond acceptors (Lipinski definition) is 1. The predicted molar refractivity (Wildman–Crippen MR) is 82.9 cm³/mol. The second-order valence-electron chi connectivity index (χ2n) is 4.35. The van der Waals surface area contributed by atoms with Gasteiger partial charge in [-0.15, -0.1) is 0 Å². The Balaban J connectivity index is 2.65. The molecule has 0 atom stereocenters. The third kappa shape index (κ3) is 2.75. The third-order valence-corrected chi connectivity index (χ3v) is 4.06. The van der Waals surface area contributed by atoms with Gasteiger partial charge in [-0.1, -0.05) is 76.6 Å². The minimum atomic E-state index is -0.784. The Labute approximate surface area is 126 Å². The smallest absolute Gasteiger partial charge is 0.236 e. The first kappa shape index (κ1) is 14.3. The molecule has 3 heteroatoms. The predicted octanol–water partition coefficient (Wildman–Crippen LogP) is 4.52. The molecule has 2 rings (SSSR count). The molecule has 0 saturated carbocycles. The average molecular weight is 338 g/mol. The molecule has 0 aliphatic rings. The lowest BCUT2D eigenvalue weighted by Gasteiger charge is -2.30. The first-order valence-corrected chi connectivity index (χ1v) is 7.58. The SMILES string of the molecule is O=C(Cl)C(CCBr)(c1ccccc1)c1ccccc1. The first-order chi connectivity index (χ1) is 9.21. The maximum absolute atomic E-state index is 12.2. The van der Waals surface area contributed by atoms with Crippen molar-refractivity contribution in [1.82, 2.24) is 0 Å². The van der Waals surface area contributed by atoms with E-state index in [1.54, 1.807) is 0 Å². The summed E-state index contributed by atoms with van der Waals surface area (Å²) in [6.45, 7) is 0. The summed E-state index contributed by atoms with van der Waals surface area (Å²) in [4.78, 5) is 12.2. The van der Waals surface area contributed by atoms with E-state index in [1.807, 2.05) is 60.7 Å². The molecular formula is C16H14BrClO. The fourth-order valence-corrected chi connectivity index (χ4v) is 3.28. The normalized spacial score (nSPS) is 11.3. The van der Waals surface area contributed by atoms with Crippen LogP contribution in [0, 0.1) is 0 Å². The van der Waals surface area contributed by atoms with Crippen molar-refractivity contribution in [3.8, 4) is 0 Å². The van der Waals surface area contributed by atoms with Gasteiger partial charge in [0.15, 0.2) is 0 Å². The molecule has 0 heterocycles. The molecule has 0 bridgehead atoms. The zero-order chi connectivity index (χ0) is 13.7. The maximum atomic E-state index is 12.2. The largest absolute Gasteiger partial charge is 0.280 e. The molecule has 0 radical (unpaired) electrons. The fraction of sp³-hybridized carbons (Fsp3) is 0.188. The van der Waals surface area contributed by atoms with Crippen LogP contribution in [0.15, 0.2) is 60.7 Å². The van der Waals surface area contributed by atoms with Gasteiger partial charge in [0.2, 0.25) is 5.24 Å². The lowest BCUT2D eigenvalue weighted by atomic mass is 9.73. The van der Waals surface area contributed by atoms with Crippen LogP contribution in [-0.4, -0.2) is 10.6 Å². The lowest BCUT2D eigenvalue weighted by molar-refractivity contribution is -0.115. The number of carbonyl (C=O) groups is 1. The van der Waals surface area contributed by atoms with Gasteiger partial charge in [-0.05, 0) is 29.1 Å². The number of alkyl halides is 1. The van der Waals surface area contributed by atoms with E-state index in [0.29, 0.717) is 11.8 Å². The standard InChI is InChI=1S/C16H14BrClO/c17-12-11-16(15(18)19,13-7-3-1-4-8-13)14-9-5-2-6-10-14/h1-10H,11-12H2. The Morgan fingerprint density at radius 3 is 1.68 bits per heavy atom. The van der Waals surface area contributed by atoms with Gasteiger partial charge in [0.25, 0.3) is 0 Å². The molecule has 0 unspecified atom stereocenters. The fourth-order valence-electron chi connectivity index (χ4n) is 2.37. The van der Waals surface area contributed by atoms with Gasteiger partial charge >= 0.3 is 0 Å². The van der Waals surface area contributed by atoms with Crippen molar-refractivity contribution in [2.24, 2.45) is 0 Å². The molecule has 1 nitrogen and oxygen atoms in total. The summed E-state index contributed by atoms with van der Waals surface area (Å²) in [5.41, 5.74) is 1.08. The number of carbonyl (C=O) groups excluding carboxylic acids is 1. The third-order valence-electron chi connectivity index (χ3n) is 3.34. The maximum Gasteiger partial charge on any atom is 0.236 e. The number of hydrogen-bond donors (Lipinski definition) is 0. The quantitative estimate of drug-likeness (QED) is 0.579. The highest BCUT2D eigenvalue weighted by atomic mass is 79.9. The van der Waals surface area contributed by atoms with Crippen LogP contribution in [0.25, 0.3) is 0 Å². The van der Waals surface area contributed by atoms with E-state index < -0.39 is 5.41 Å². The average Bonchev–Trinajstić information content (AvgIpc) is 2.46. The van der Waals surface area contributed by atoms with E-state index in [9.17, 15) is 4.79 Å². The summed E-state index contributed by atoms with van der Waals surface area (Å²) in [7, 11) is 0. The highest BCUT2D eigenvalue weighted by Gasteiger charge is 2.40. The van der Waals surface area contributed by atoms with E-state index in [1.165, 1.54) is 0 Å². The van der Waals surface area contributed by atoms with Crippen LogP contribution in [0.5, 0.6) is 0 Å². The van der Waals surface area contributed by atoms with E-state index in [-0.39, 0.29) is 5.24 Å². The molecular weight excluding hydrogens is 324 g/mol. The van der Waals surface area contributed by atoms with Crippen molar-refractivity contribution in [2.45, 2.75) is 11.8 Å². The van der Waals surface area contributed by atoms with Crippen LogP contribution in [0.4, 0.5) is 0 Å². The molecule has 0 N–H and O–H groups in total. The summed E-state index contributed by atoms with van der Waals surface area (Å²) in [5.74, 6) is 0. The number of halogens is 2. The minimum absolute atomic E-state index is 0.343. The second kappa shape index (κ2) is 6.36. The second-order valence-corrected chi connectivity index (χ2v) is 5.49. The van der Waals surface area contributed by atoms with Crippen molar-refractivity contribution in [3.05, 3.63) is 71.8 Å². The van der Waals surface area contributed by atoms with Crippen LogP contribution in [0.2, 0.25) is 0 Å². The minimum Gasteiger partial charge on any atom is -0.280 e. The molecule has 0 amide bonds. The van der Waals surface area contributed by atoms with Crippen LogP contribution in [-0.2, 0) is 10.2 Å². The molecule has 2 aromatic carbocycles. The number of rotatable bonds is 5. The van der Waals surface area contributed by atoms with Crippen molar-refractivity contribution in [1.29, 1.82) is 0 Å². The van der Waals surface area contributed by atoms with E-state index in [0.717, 1.165) is 11.1 Å². The van der Waals surface area contributed by atoms with Gasteiger partial charge in [-0.3, -0.25) is 4.79 Å². The van der Waals surface area contributed by atoms with Crippen LogP contribution in [0.3, 0.4) is 0 Å². The molecule has 0 saturated heterocycles. The summed E-state index contributed by atoms with van der Waals surface area (Å²) in [5, 5.41) is 0.360. The zero-order valence-corrected chi connectivity index (χ0v) is 12.7. The van der Waals surface area contributed by atoms with Crippen LogP contribution in [0.1, 0.15) is 17.5 Å². The van der Waals surface area contributed by atoms with Crippen molar-refractivity contribution >= 4 is 32.8 Å². The van der Waals surface area contributed by atoms with Crippen molar-refractivity contribution in [3.63, 3.8) is 0 Å². The summed E-state index contributed by atoms with van der Waals surface area (Å²) < 4.78 is 0. The molecule has 0 fully saturated rings. The molecule has 0 aromatic heterocycles.